The SMILES string of the molecule is NCCSc1ccnc(-c2ccccc2)c1. The van der Waals surface area contributed by atoms with Crippen LogP contribution in [0.2, 0.25) is 0 Å². The number of nitrogens with zero attached hydrogens (tertiary/aromatic N) is 1. The Morgan fingerprint density at radius 1 is 1.12 bits per heavy atom. The van der Waals surface area contributed by atoms with Gasteiger partial charge in [0.1, 0.15) is 0 Å². The molecule has 2 N–H and O–H groups in total. The van der Waals surface area contributed by atoms with Gasteiger partial charge in [0.25, 0.3) is 0 Å². The van der Waals surface area contributed by atoms with Crippen LogP contribution in [0.25, 0.3) is 11.3 Å². The van der Waals surface area contributed by atoms with Gasteiger partial charge in [0, 0.05) is 29.0 Å². The first-order valence-corrected chi connectivity index (χ1v) is 6.23. The summed E-state index contributed by atoms with van der Waals surface area (Å²) in [6.45, 7) is 0.702. The van der Waals surface area contributed by atoms with Gasteiger partial charge in [0.2, 0.25) is 0 Å². The zero-order chi connectivity index (χ0) is 11.2. The largest absolute Gasteiger partial charge is 0.330 e. The number of thioether (sulfide) groups is 1. The molecule has 0 fully saturated rings. The van der Waals surface area contributed by atoms with Crippen LogP contribution in [-0.4, -0.2) is 17.3 Å². The summed E-state index contributed by atoms with van der Waals surface area (Å²) in [5.74, 6) is 0.943. The minimum atomic E-state index is 0.702. The van der Waals surface area contributed by atoms with E-state index >= 15 is 0 Å². The number of nitrogens with two attached hydrogens (primary N) is 1. The monoisotopic (exact) mass is 230 g/mol. The van der Waals surface area contributed by atoms with Gasteiger partial charge < -0.3 is 5.73 Å². The van der Waals surface area contributed by atoms with E-state index in [9.17, 15) is 0 Å². The van der Waals surface area contributed by atoms with E-state index < -0.39 is 0 Å². The molecular formula is C13H14N2S. The van der Waals surface area contributed by atoms with Gasteiger partial charge in [-0.1, -0.05) is 30.3 Å². The Morgan fingerprint density at radius 2 is 1.94 bits per heavy atom. The van der Waals surface area contributed by atoms with Crippen LogP contribution in [0.3, 0.4) is 0 Å². The first kappa shape index (κ1) is 11.2. The van der Waals surface area contributed by atoms with Crippen LogP contribution in [0, 0.1) is 0 Å². The number of aromatic nitrogens is 1. The Bertz CT molecular complexity index is 443. The molecule has 0 amide bonds. The van der Waals surface area contributed by atoms with Gasteiger partial charge >= 0.3 is 0 Å². The minimum Gasteiger partial charge on any atom is -0.330 e. The molecule has 0 spiro atoms. The molecule has 16 heavy (non-hydrogen) atoms. The summed E-state index contributed by atoms with van der Waals surface area (Å²) in [6.07, 6.45) is 1.85. The van der Waals surface area contributed by atoms with Crippen molar-refractivity contribution in [2.45, 2.75) is 4.90 Å². The van der Waals surface area contributed by atoms with E-state index in [0.717, 1.165) is 17.0 Å². The van der Waals surface area contributed by atoms with Crippen molar-refractivity contribution in [2.75, 3.05) is 12.3 Å². The van der Waals surface area contributed by atoms with E-state index in [1.54, 1.807) is 11.8 Å². The van der Waals surface area contributed by atoms with E-state index in [1.807, 2.05) is 30.5 Å². The first-order chi connectivity index (χ1) is 7.90. The fourth-order valence-electron chi connectivity index (χ4n) is 1.44. The maximum Gasteiger partial charge on any atom is 0.0713 e. The molecule has 2 aromatic rings. The quantitative estimate of drug-likeness (QED) is 0.821. The van der Waals surface area contributed by atoms with Crippen molar-refractivity contribution in [1.82, 2.24) is 4.98 Å². The van der Waals surface area contributed by atoms with Crippen LogP contribution in [0.4, 0.5) is 0 Å². The predicted octanol–water partition coefficient (Wildman–Crippen LogP) is 2.80. The lowest BCUT2D eigenvalue weighted by Gasteiger charge is -2.03. The summed E-state index contributed by atoms with van der Waals surface area (Å²) < 4.78 is 0. The topological polar surface area (TPSA) is 38.9 Å². The highest BCUT2D eigenvalue weighted by Crippen LogP contribution is 2.23. The van der Waals surface area contributed by atoms with Gasteiger partial charge in [-0.05, 0) is 12.1 Å². The van der Waals surface area contributed by atoms with Crippen molar-refractivity contribution >= 4 is 11.8 Å². The summed E-state index contributed by atoms with van der Waals surface area (Å²) >= 11 is 1.76. The van der Waals surface area contributed by atoms with Crippen LogP contribution >= 0.6 is 11.8 Å². The summed E-state index contributed by atoms with van der Waals surface area (Å²) in [6, 6.07) is 14.3. The second kappa shape index (κ2) is 5.68. The maximum atomic E-state index is 5.49. The molecule has 0 saturated carbocycles. The summed E-state index contributed by atoms with van der Waals surface area (Å²) in [5.41, 5.74) is 7.66. The Morgan fingerprint density at radius 3 is 2.69 bits per heavy atom. The average Bonchev–Trinajstić information content (AvgIpc) is 2.38. The second-order valence-corrected chi connectivity index (χ2v) is 4.55. The third-order valence-corrected chi connectivity index (χ3v) is 3.21. The number of benzene rings is 1. The van der Waals surface area contributed by atoms with Gasteiger partial charge in [-0.2, -0.15) is 0 Å². The molecule has 0 aliphatic rings. The van der Waals surface area contributed by atoms with Gasteiger partial charge in [-0.25, -0.2) is 0 Å². The zero-order valence-corrected chi connectivity index (χ0v) is 9.78. The standard InChI is InChI=1S/C13H14N2S/c14-7-9-16-12-6-8-15-13(10-12)11-4-2-1-3-5-11/h1-6,8,10H,7,9,14H2. The van der Waals surface area contributed by atoms with Gasteiger partial charge in [0.15, 0.2) is 0 Å². The Kier molecular flexibility index (Phi) is 3.97. The maximum absolute atomic E-state index is 5.49. The van der Waals surface area contributed by atoms with Crippen LogP contribution in [0.5, 0.6) is 0 Å². The van der Waals surface area contributed by atoms with Gasteiger partial charge in [-0.3, -0.25) is 4.98 Å². The number of hydrogen-bond donors (Lipinski definition) is 1. The predicted molar refractivity (Wildman–Crippen MR) is 69.5 cm³/mol. The summed E-state index contributed by atoms with van der Waals surface area (Å²) in [4.78, 5) is 5.59. The van der Waals surface area contributed by atoms with Gasteiger partial charge in [-0.15, -0.1) is 11.8 Å². The highest BCUT2D eigenvalue weighted by Gasteiger charge is 2.00. The molecule has 0 atom stereocenters. The zero-order valence-electron chi connectivity index (χ0n) is 8.97. The first-order valence-electron chi connectivity index (χ1n) is 5.24. The molecule has 2 rings (SSSR count). The molecule has 1 heterocycles. The van der Waals surface area contributed by atoms with Crippen molar-refractivity contribution in [2.24, 2.45) is 5.73 Å². The molecule has 3 heteroatoms. The molecule has 0 radical (unpaired) electrons. The smallest absolute Gasteiger partial charge is 0.0713 e. The molecule has 2 nitrogen and oxygen atoms in total. The van der Waals surface area contributed by atoms with Crippen molar-refractivity contribution in [1.29, 1.82) is 0 Å². The van der Waals surface area contributed by atoms with Crippen LogP contribution in [0.15, 0.2) is 53.6 Å². The van der Waals surface area contributed by atoms with Crippen LogP contribution in [0.1, 0.15) is 0 Å². The Labute approximate surface area is 99.9 Å². The molecule has 0 aliphatic carbocycles. The number of hydrogen-bond acceptors (Lipinski definition) is 3. The molecule has 0 saturated heterocycles. The Balaban J connectivity index is 2.22. The molecule has 1 aromatic heterocycles. The minimum absolute atomic E-state index is 0.702. The molecule has 0 aliphatic heterocycles. The molecule has 0 unspecified atom stereocenters. The fourth-order valence-corrected chi connectivity index (χ4v) is 2.15. The number of rotatable bonds is 4. The molecular weight excluding hydrogens is 216 g/mol. The highest BCUT2D eigenvalue weighted by molar-refractivity contribution is 7.99. The molecule has 1 aromatic carbocycles. The normalized spacial score (nSPS) is 10.3. The fraction of sp³-hybridized carbons (Fsp3) is 0.154. The van der Waals surface area contributed by atoms with Crippen molar-refractivity contribution in [3.05, 3.63) is 48.7 Å². The van der Waals surface area contributed by atoms with Crippen LogP contribution in [-0.2, 0) is 0 Å². The highest BCUT2D eigenvalue weighted by atomic mass is 32.2. The Hall–Kier alpha value is -1.32. The summed E-state index contributed by atoms with van der Waals surface area (Å²) in [5, 5.41) is 0. The van der Waals surface area contributed by atoms with Gasteiger partial charge in [0.05, 0.1) is 5.69 Å². The molecule has 0 bridgehead atoms. The average molecular weight is 230 g/mol. The lowest BCUT2D eigenvalue weighted by molar-refractivity contribution is 1.15. The van der Waals surface area contributed by atoms with Crippen LogP contribution < -0.4 is 5.73 Å². The lowest BCUT2D eigenvalue weighted by Crippen LogP contribution is -2.00. The van der Waals surface area contributed by atoms with Crippen molar-refractivity contribution in [3.63, 3.8) is 0 Å². The third-order valence-electron chi connectivity index (χ3n) is 2.19. The van der Waals surface area contributed by atoms with E-state index in [1.165, 1.54) is 4.90 Å². The van der Waals surface area contributed by atoms with E-state index in [4.69, 9.17) is 5.73 Å². The van der Waals surface area contributed by atoms with E-state index in [2.05, 4.69) is 23.2 Å². The number of pyridine rings is 1. The molecule has 82 valence electrons. The summed E-state index contributed by atoms with van der Waals surface area (Å²) in [7, 11) is 0. The van der Waals surface area contributed by atoms with Crippen molar-refractivity contribution < 1.29 is 0 Å². The van der Waals surface area contributed by atoms with E-state index in [-0.39, 0.29) is 0 Å². The van der Waals surface area contributed by atoms with E-state index in [0.29, 0.717) is 6.54 Å². The third kappa shape index (κ3) is 2.84. The second-order valence-electron chi connectivity index (χ2n) is 3.38. The van der Waals surface area contributed by atoms with Crippen molar-refractivity contribution in [3.8, 4) is 11.3 Å². The lowest BCUT2D eigenvalue weighted by atomic mass is 10.1.